The summed E-state index contributed by atoms with van der Waals surface area (Å²) >= 11 is 0. The third-order valence-electron chi connectivity index (χ3n) is 5.14. The number of likely N-dealkylation sites (tertiary alicyclic amines) is 1. The van der Waals surface area contributed by atoms with Crippen LogP contribution >= 0.6 is 0 Å². The van der Waals surface area contributed by atoms with E-state index in [0.29, 0.717) is 5.92 Å². The molecular weight excluding hydrogens is 314 g/mol. The quantitative estimate of drug-likeness (QED) is 0.801. The Bertz CT molecular complexity index is 621. The van der Waals surface area contributed by atoms with Crippen LogP contribution in [0.1, 0.15) is 42.7 Å². The first-order valence-electron chi connectivity index (χ1n) is 9.23. The van der Waals surface area contributed by atoms with E-state index in [4.69, 9.17) is 4.74 Å². The Morgan fingerprint density at radius 3 is 2.68 bits per heavy atom. The summed E-state index contributed by atoms with van der Waals surface area (Å²) in [5.41, 5.74) is 1.01. The lowest BCUT2D eigenvalue weighted by atomic mass is 9.95. The van der Waals surface area contributed by atoms with Crippen LogP contribution in [0.3, 0.4) is 0 Å². The van der Waals surface area contributed by atoms with Crippen LogP contribution in [0.5, 0.6) is 0 Å². The van der Waals surface area contributed by atoms with E-state index in [9.17, 15) is 5.11 Å². The van der Waals surface area contributed by atoms with Crippen molar-refractivity contribution in [2.45, 2.75) is 37.8 Å². The van der Waals surface area contributed by atoms with Gasteiger partial charge in [0.1, 0.15) is 5.82 Å². The van der Waals surface area contributed by atoms with Gasteiger partial charge >= 0.3 is 0 Å². The Labute approximate surface area is 150 Å². The molecule has 1 aliphatic heterocycles. The monoisotopic (exact) mass is 343 g/mol. The van der Waals surface area contributed by atoms with Crippen molar-refractivity contribution in [1.29, 1.82) is 0 Å². The molecule has 1 aromatic heterocycles. The maximum Gasteiger partial charge on any atom is 0.111 e. The molecule has 0 unspecified atom stereocenters. The van der Waals surface area contributed by atoms with Gasteiger partial charge in [0, 0.05) is 38.5 Å². The molecule has 1 fully saturated rings. The summed E-state index contributed by atoms with van der Waals surface area (Å²) in [5.74, 6) is 1.73. The van der Waals surface area contributed by atoms with Gasteiger partial charge in [-0.15, -0.1) is 0 Å². The molecular formula is C20H29N3O2. The van der Waals surface area contributed by atoms with Crippen molar-refractivity contribution in [2.75, 3.05) is 33.4 Å². The highest BCUT2D eigenvalue weighted by molar-refractivity contribution is 5.17. The second kappa shape index (κ2) is 9.13. The number of aliphatic hydroxyl groups is 1. The third kappa shape index (κ3) is 4.91. The van der Waals surface area contributed by atoms with Crippen molar-refractivity contribution in [2.24, 2.45) is 0 Å². The number of aliphatic hydroxyl groups excluding tert-OH is 1. The van der Waals surface area contributed by atoms with Crippen molar-refractivity contribution in [3.8, 4) is 0 Å². The van der Waals surface area contributed by atoms with Gasteiger partial charge < -0.3 is 19.3 Å². The highest BCUT2D eigenvalue weighted by Crippen LogP contribution is 2.27. The standard InChI is InChI=1S/C20H29N3O2/c1-25-16-15-23-14-10-21-20(23)18-7-11-22(12-8-18)13-9-19(24)17-5-3-2-4-6-17/h2-6,10,14,18-19,24H,7-9,11-13,15-16H2,1H3/t19-/m0/s1. The van der Waals surface area contributed by atoms with E-state index >= 15 is 0 Å². The largest absolute Gasteiger partial charge is 0.388 e. The van der Waals surface area contributed by atoms with Gasteiger partial charge in [-0.3, -0.25) is 0 Å². The molecule has 2 aromatic rings. The molecule has 1 aromatic carbocycles. The van der Waals surface area contributed by atoms with Gasteiger partial charge in [0.15, 0.2) is 0 Å². The van der Waals surface area contributed by atoms with Crippen LogP contribution < -0.4 is 0 Å². The van der Waals surface area contributed by atoms with Gasteiger partial charge in [-0.05, 0) is 37.9 Å². The maximum absolute atomic E-state index is 10.3. The van der Waals surface area contributed by atoms with E-state index in [-0.39, 0.29) is 6.10 Å². The normalized spacial score (nSPS) is 17.7. The van der Waals surface area contributed by atoms with Crippen LogP contribution in [0, 0.1) is 0 Å². The van der Waals surface area contributed by atoms with Crippen molar-refractivity contribution in [3.05, 3.63) is 54.1 Å². The van der Waals surface area contributed by atoms with E-state index in [1.165, 1.54) is 5.82 Å². The zero-order valence-corrected chi connectivity index (χ0v) is 15.1. The highest BCUT2D eigenvalue weighted by atomic mass is 16.5. The Morgan fingerprint density at radius 2 is 1.96 bits per heavy atom. The molecule has 2 heterocycles. The summed E-state index contributed by atoms with van der Waals surface area (Å²) in [7, 11) is 1.74. The van der Waals surface area contributed by atoms with E-state index in [0.717, 1.165) is 57.6 Å². The van der Waals surface area contributed by atoms with Crippen molar-refractivity contribution < 1.29 is 9.84 Å². The average molecular weight is 343 g/mol. The molecule has 1 atom stereocenters. The number of hydrogen-bond acceptors (Lipinski definition) is 4. The van der Waals surface area contributed by atoms with Crippen LogP contribution in [0.15, 0.2) is 42.7 Å². The van der Waals surface area contributed by atoms with Gasteiger partial charge in [-0.25, -0.2) is 4.98 Å². The molecule has 0 radical (unpaired) electrons. The van der Waals surface area contributed by atoms with Crippen LogP contribution in [0.25, 0.3) is 0 Å². The van der Waals surface area contributed by atoms with Crippen molar-refractivity contribution in [3.63, 3.8) is 0 Å². The number of benzene rings is 1. The molecule has 0 bridgehead atoms. The minimum absolute atomic E-state index is 0.369. The highest BCUT2D eigenvalue weighted by Gasteiger charge is 2.24. The van der Waals surface area contributed by atoms with E-state index in [1.54, 1.807) is 7.11 Å². The second-order valence-corrected chi connectivity index (χ2v) is 6.80. The van der Waals surface area contributed by atoms with Crippen LogP contribution in [-0.2, 0) is 11.3 Å². The third-order valence-corrected chi connectivity index (χ3v) is 5.14. The number of piperidine rings is 1. The molecule has 0 saturated carbocycles. The SMILES string of the molecule is COCCn1ccnc1C1CCN(CC[C@H](O)c2ccccc2)CC1. The fourth-order valence-electron chi connectivity index (χ4n) is 3.62. The Hall–Kier alpha value is -1.69. The summed E-state index contributed by atoms with van der Waals surface area (Å²) in [6.45, 7) is 4.68. The van der Waals surface area contributed by atoms with Gasteiger partial charge in [0.25, 0.3) is 0 Å². The lowest BCUT2D eigenvalue weighted by Gasteiger charge is -2.32. The number of methoxy groups -OCH3 is 1. The minimum atomic E-state index is -0.369. The van der Waals surface area contributed by atoms with Gasteiger partial charge in [-0.1, -0.05) is 30.3 Å². The molecule has 0 spiro atoms. The van der Waals surface area contributed by atoms with E-state index in [1.807, 2.05) is 36.5 Å². The average Bonchev–Trinajstić information content (AvgIpc) is 3.14. The minimum Gasteiger partial charge on any atom is -0.388 e. The lowest BCUT2D eigenvalue weighted by molar-refractivity contribution is 0.129. The Morgan fingerprint density at radius 1 is 1.20 bits per heavy atom. The smallest absolute Gasteiger partial charge is 0.111 e. The number of nitrogens with zero attached hydrogens (tertiary/aromatic N) is 3. The Balaban J connectivity index is 1.45. The topological polar surface area (TPSA) is 50.5 Å². The predicted octanol–water partition coefficient (Wildman–Crippen LogP) is 2.83. The number of rotatable bonds is 8. The number of ether oxygens (including phenoxy) is 1. The van der Waals surface area contributed by atoms with Gasteiger partial charge in [-0.2, -0.15) is 0 Å². The molecule has 1 N–H and O–H groups in total. The number of imidazole rings is 1. The first kappa shape index (κ1) is 18.1. The van der Waals surface area contributed by atoms with Crippen LogP contribution in [-0.4, -0.2) is 52.9 Å². The number of aromatic nitrogens is 2. The van der Waals surface area contributed by atoms with Crippen LogP contribution in [0.4, 0.5) is 0 Å². The molecule has 136 valence electrons. The van der Waals surface area contributed by atoms with E-state index in [2.05, 4.69) is 20.6 Å². The van der Waals surface area contributed by atoms with Crippen LogP contribution in [0.2, 0.25) is 0 Å². The molecule has 1 saturated heterocycles. The summed E-state index contributed by atoms with van der Waals surface area (Å²) in [6.07, 6.45) is 6.63. The van der Waals surface area contributed by atoms with E-state index < -0.39 is 0 Å². The molecule has 3 rings (SSSR count). The first-order chi connectivity index (χ1) is 12.3. The molecule has 5 nitrogen and oxygen atoms in total. The fraction of sp³-hybridized carbons (Fsp3) is 0.550. The second-order valence-electron chi connectivity index (χ2n) is 6.80. The molecule has 0 amide bonds. The summed E-state index contributed by atoms with van der Waals surface area (Å²) < 4.78 is 7.41. The van der Waals surface area contributed by atoms with Gasteiger partial charge in [0.05, 0.1) is 12.7 Å². The zero-order valence-electron chi connectivity index (χ0n) is 15.1. The van der Waals surface area contributed by atoms with Gasteiger partial charge in [0.2, 0.25) is 0 Å². The summed E-state index contributed by atoms with van der Waals surface area (Å²) in [6, 6.07) is 9.94. The zero-order chi connectivity index (χ0) is 17.5. The molecule has 5 heteroatoms. The molecule has 0 aliphatic carbocycles. The fourth-order valence-corrected chi connectivity index (χ4v) is 3.62. The predicted molar refractivity (Wildman–Crippen MR) is 98.5 cm³/mol. The lowest BCUT2D eigenvalue weighted by Crippen LogP contribution is -2.35. The Kier molecular flexibility index (Phi) is 6.62. The van der Waals surface area contributed by atoms with Crippen molar-refractivity contribution in [1.82, 2.24) is 14.5 Å². The first-order valence-corrected chi connectivity index (χ1v) is 9.23. The maximum atomic E-state index is 10.3. The summed E-state index contributed by atoms with van der Waals surface area (Å²) in [5, 5.41) is 10.3. The summed E-state index contributed by atoms with van der Waals surface area (Å²) in [4.78, 5) is 7.04. The molecule has 25 heavy (non-hydrogen) atoms. The number of hydrogen-bond donors (Lipinski definition) is 1. The molecule has 1 aliphatic rings. The van der Waals surface area contributed by atoms with Crippen molar-refractivity contribution >= 4 is 0 Å².